The molecule has 1 fully saturated rings. The Labute approximate surface area is 119 Å². The van der Waals surface area contributed by atoms with Crippen LogP contribution in [0, 0.1) is 11.3 Å². The van der Waals surface area contributed by atoms with E-state index < -0.39 is 0 Å². The number of rotatable bonds is 6. The summed E-state index contributed by atoms with van der Waals surface area (Å²) in [5.41, 5.74) is 0.555. The van der Waals surface area contributed by atoms with Crippen LogP contribution < -0.4 is 9.47 Å². The molecule has 0 bridgehead atoms. The van der Waals surface area contributed by atoms with E-state index in [0.717, 1.165) is 19.6 Å². The predicted octanol–water partition coefficient (Wildman–Crippen LogP) is 2.49. The number of hydrogen-bond acceptors (Lipinski definition) is 5. The first-order valence-corrected chi connectivity index (χ1v) is 6.86. The molecule has 20 heavy (non-hydrogen) atoms. The average Bonchev–Trinajstić information content (AvgIpc) is 2.50. The number of hydrogen-bond donors (Lipinski definition) is 0. The molecule has 0 aliphatic carbocycles. The van der Waals surface area contributed by atoms with Crippen LogP contribution in [-0.4, -0.2) is 32.7 Å². The summed E-state index contributed by atoms with van der Waals surface area (Å²) < 4.78 is 22.1. The lowest BCUT2D eigenvalue weighted by Gasteiger charge is -2.23. The monoisotopic (exact) mass is 277 g/mol. The Morgan fingerprint density at radius 3 is 2.75 bits per heavy atom. The second kappa shape index (κ2) is 7.73. The molecule has 1 aromatic carbocycles. The fourth-order valence-electron chi connectivity index (χ4n) is 1.93. The van der Waals surface area contributed by atoms with E-state index in [0.29, 0.717) is 36.7 Å². The van der Waals surface area contributed by atoms with Gasteiger partial charge in [0.2, 0.25) is 0 Å². The molecule has 5 nitrogen and oxygen atoms in total. The van der Waals surface area contributed by atoms with Crippen molar-refractivity contribution in [1.82, 2.24) is 0 Å². The molecule has 0 aromatic heterocycles. The number of ether oxygens (including phenoxy) is 4. The maximum absolute atomic E-state index is 8.89. The number of nitriles is 1. The molecule has 1 saturated heterocycles. The van der Waals surface area contributed by atoms with E-state index in [1.165, 1.54) is 0 Å². The van der Waals surface area contributed by atoms with Gasteiger partial charge < -0.3 is 18.9 Å². The fourth-order valence-corrected chi connectivity index (χ4v) is 1.93. The van der Waals surface area contributed by atoms with Gasteiger partial charge in [0.25, 0.3) is 0 Å². The molecule has 0 radical (unpaired) electrons. The zero-order valence-electron chi connectivity index (χ0n) is 11.6. The minimum absolute atomic E-state index is 0.183. The average molecular weight is 277 g/mol. The van der Waals surface area contributed by atoms with Gasteiger partial charge >= 0.3 is 0 Å². The molecule has 0 spiro atoms. The molecule has 5 heteroatoms. The molecule has 1 aliphatic heterocycles. The van der Waals surface area contributed by atoms with E-state index in [4.69, 9.17) is 24.2 Å². The minimum atomic E-state index is -0.183. The van der Waals surface area contributed by atoms with Gasteiger partial charge in [-0.2, -0.15) is 5.26 Å². The van der Waals surface area contributed by atoms with Crippen LogP contribution in [0.1, 0.15) is 25.3 Å². The van der Waals surface area contributed by atoms with Gasteiger partial charge in [-0.3, -0.25) is 0 Å². The van der Waals surface area contributed by atoms with Crippen molar-refractivity contribution in [3.05, 3.63) is 23.8 Å². The maximum atomic E-state index is 8.89. The zero-order chi connectivity index (χ0) is 14.2. The van der Waals surface area contributed by atoms with E-state index in [-0.39, 0.29) is 6.29 Å². The molecular weight excluding hydrogens is 258 g/mol. The second-order valence-electron chi connectivity index (χ2n) is 4.37. The Morgan fingerprint density at radius 2 is 2.05 bits per heavy atom. The van der Waals surface area contributed by atoms with E-state index in [2.05, 4.69) is 6.07 Å². The Hall–Kier alpha value is -1.77. The van der Waals surface area contributed by atoms with Crippen molar-refractivity contribution >= 4 is 0 Å². The molecule has 108 valence electrons. The molecule has 0 unspecified atom stereocenters. The summed E-state index contributed by atoms with van der Waals surface area (Å²) in [7, 11) is 0. The molecule has 1 heterocycles. The quantitative estimate of drug-likeness (QED) is 0.799. The van der Waals surface area contributed by atoms with Gasteiger partial charge in [-0.15, -0.1) is 0 Å². The zero-order valence-corrected chi connectivity index (χ0v) is 11.6. The van der Waals surface area contributed by atoms with Gasteiger partial charge in [0.05, 0.1) is 38.1 Å². The van der Waals surface area contributed by atoms with Crippen LogP contribution in [0.25, 0.3) is 0 Å². The summed E-state index contributed by atoms with van der Waals surface area (Å²) in [6.45, 7) is 4.39. The van der Waals surface area contributed by atoms with E-state index in [9.17, 15) is 0 Å². The van der Waals surface area contributed by atoms with Crippen molar-refractivity contribution in [2.75, 3.05) is 26.4 Å². The first kappa shape index (κ1) is 14.6. The molecule has 2 rings (SSSR count). The Balaban J connectivity index is 1.89. The summed E-state index contributed by atoms with van der Waals surface area (Å²) in [5, 5.41) is 8.89. The van der Waals surface area contributed by atoms with Gasteiger partial charge in [0.1, 0.15) is 0 Å². The predicted molar refractivity (Wildman–Crippen MR) is 72.7 cm³/mol. The van der Waals surface area contributed by atoms with Gasteiger partial charge in [-0.25, -0.2) is 0 Å². The summed E-state index contributed by atoms with van der Waals surface area (Å²) in [6.07, 6.45) is 1.44. The van der Waals surface area contributed by atoms with Crippen LogP contribution in [0.3, 0.4) is 0 Å². The number of benzene rings is 1. The highest BCUT2D eigenvalue weighted by Gasteiger charge is 2.14. The molecular formula is C15H19NO4. The minimum Gasteiger partial charge on any atom is -0.490 e. The first-order valence-electron chi connectivity index (χ1n) is 6.86. The lowest BCUT2D eigenvalue weighted by molar-refractivity contribution is -0.183. The molecule has 0 amide bonds. The normalized spacial score (nSPS) is 15.6. The van der Waals surface area contributed by atoms with Crippen LogP contribution in [0.4, 0.5) is 0 Å². The molecule has 0 atom stereocenters. The SMILES string of the molecule is CCOc1cc(C#N)ccc1OCCC1OCCCO1. The van der Waals surface area contributed by atoms with Crippen molar-refractivity contribution in [3.63, 3.8) is 0 Å². The third kappa shape index (κ3) is 4.12. The third-order valence-corrected chi connectivity index (χ3v) is 2.88. The first-order chi connectivity index (χ1) is 9.83. The van der Waals surface area contributed by atoms with Crippen molar-refractivity contribution in [3.8, 4) is 17.6 Å². The topological polar surface area (TPSA) is 60.7 Å². The standard InChI is InChI=1S/C15H19NO4/c1-2-17-14-10-12(11-16)4-5-13(14)18-9-6-15-19-7-3-8-20-15/h4-5,10,15H,2-3,6-9H2,1H3. The Bertz CT molecular complexity index is 463. The van der Waals surface area contributed by atoms with Gasteiger partial charge in [-0.05, 0) is 25.5 Å². The van der Waals surface area contributed by atoms with E-state index >= 15 is 0 Å². The highest BCUT2D eigenvalue weighted by Crippen LogP contribution is 2.28. The fraction of sp³-hybridized carbons (Fsp3) is 0.533. The van der Waals surface area contributed by atoms with Crippen molar-refractivity contribution in [2.24, 2.45) is 0 Å². The highest BCUT2D eigenvalue weighted by molar-refractivity contribution is 5.46. The Morgan fingerprint density at radius 1 is 1.25 bits per heavy atom. The number of nitrogens with zero attached hydrogens (tertiary/aromatic N) is 1. The summed E-state index contributed by atoms with van der Waals surface area (Å²) in [5.74, 6) is 1.23. The second-order valence-corrected chi connectivity index (χ2v) is 4.37. The van der Waals surface area contributed by atoms with Crippen LogP contribution in [-0.2, 0) is 9.47 Å². The largest absolute Gasteiger partial charge is 0.490 e. The molecule has 0 N–H and O–H groups in total. The summed E-state index contributed by atoms with van der Waals surface area (Å²) in [4.78, 5) is 0. The summed E-state index contributed by atoms with van der Waals surface area (Å²) in [6, 6.07) is 7.24. The van der Waals surface area contributed by atoms with Crippen molar-refractivity contribution < 1.29 is 18.9 Å². The van der Waals surface area contributed by atoms with E-state index in [1.54, 1.807) is 18.2 Å². The Kier molecular flexibility index (Phi) is 5.66. The molecule has 1 aliphatic rings. The van der Waals surface area contributed by atoms with Crippen LogP contribution in [0.2, 0.25) is 0 Å². The molecule has 1 aromatic rings. The van der Waals surface area contributed by atoms with Gasteiger partial charge in [-0.1, -0.05) is 0 Å². The van der Waals surface area contributed by atoms with Gasteiger partial charge in [0, 0.05) is 12.5 Å². The van der Waals surface area contributed by atoms with Crippen LogP contribution in [0.5, 0.6) is 11.5 Å². The van der Waals surface area contributed by atoms with Crippen LogP contribution >= 0.6 is 0 Å². The highest BCUT2D eigenvalue weighted by atomic mass is 16.7. The van der Waals surface area contributed by atoms with Crippen LogP contribution in [0.15, 0.2) is 18.2 Å². The smallest absolute Gasteiger partial charge is 0.162 e. The lowest BCUT2D eigenvalue weighted by Crippen LogP contribution is -2.26. The maximum Gasteiger partial charge on any atom is 0.162 e. The lowest BCUT2D eigenvalue weighted by atomic mass is 10.2. The van der Waals surface area contributed by atoms with Crippen molar-refractivity contribution in [2.45, 2.75) is 26.1 Å². The van der Waals surface area contributed by atoms with Gasteiger partial charge in [0.15, 0.2) is 17.8 Å². The third-order valence-electron chi connectivity index (χ3n) is 2.88. The van der Waals surface area contributed by atoms with Crippen molar-refractivity contribution in [1.29, 1.82) is 5.26 Å². The molecule has 0 saturated carbocycles. The van der Waals surface area contributed by atoms with E-state index in [1.807, 2.05) is 6.92 Å². The summed E-state index contributed by atoms with van der Waals surface area (Å²) >= 11 is 0.